The topological polar surface area (TPSA) is 54.5 Å². The molecule has 0 aromatic carbocycles. The highest BCUT2D eigenvalue weighted by Gasteiger charge is 2.31. The van der Waals surface area contributed by atoms with Crippen molar-refractivity contribution in [3.05, 3.63) is 12.2 Å². The van der Waals surface area contributed by atoms with E-state index in [0.29, 0.717) is 0 Å². The molecule has 0 radical (unpaired) electrons. The van der Waals surface area contributed by atoms with E-state index in [-0.39, 0.29) is 0 Å². The minimum absolute atomic E-state index is 0.499. The third-order valence-electron chi connectivity index (χ3n) is 1.56. The maximum Gasteiger partial charge on any atom is 0.254 e. The van der Waals surface area contributed by atoms with E-state index in [2.05, 4.69) is 0 Å². The highest BCUT2D eigenvalue weighted by Crippen LogP contribution is 2.10. The number of nitrogens with zero attached hydrogens (tertiary/aromatic N) is 1. The number of rotatable bonds is 2. The summed E-state index contributed by atoms with van der Waals surface area (Å²) in [5.74, 6) is -0.997. The Morgan fingerprint density at radius 3 is 2.17 bits per heavy atom. The fraction of sp³-hybridized carbons (Fsp3) is 0.286. The summed E-state index contributed by atoms with van der Waals surface area (Å²) >= 11 is 5.13. The van der Waals surface area contributed by atoms with Crippen LogP contribution >= 0.6 is 11.6 Å². The molecule has 1 atom stereocenters. The first-order chi connectivity index (χ1) is 5.54. The van der Waals surface area contributed by atoms with Crippen molar-refractivity contribution in [1.82, 2.24) is 4.90 Å². The Morgan fingerprint density at radius 1 is 1.42 bits per heavy atom. The number of carbonyl (C=O) groups is 3. The third-order valence-corrected chi connectivity index (χ3v) is 1.87. The maximum atomic E-state index is 10.9. The lowest BCUT2D eigenvalue weighted by Gasteiger charge is -2.17. The maximum absolute atomic E-state index is 10.9. The number of carbonyl (C=O) groups excluding carboxylic acids is 3. The molecule has 2 amide bonds. The van der Waals surface area contributed by atoms with Gasteiger partial charge >= 0.3 is 0 Å². The van der Waals surface area contributed by atoms with Crippen molar-refractivity contribution in [1.29, 1.82) is 0 Å². The Hall–Kier alpha value is -1.16. The first kappa shape index (κ1) is 8.93. The van der Waals surface area contributed by atoms with Crippen LogP contribution in [0.15, 0.2) is 12.2 Å². The van der Waals surface area contributed by atoms with Crippen LogP contribution in [-0.4, -0.2) is 28.0 Å². The van der Waals surface area contributed by atoms with E-state index in [1.165, 1.54) is 6.92 Å². The van der Waals surface area contributed by atoms with Gasteiger partial charge in [-0.2, -0.15) is 0 Å². The molecular weight excluding hydrogens is 182 g/mol. The second kappa shape index (κ2) is 3.06. The van der Waals surface area contributed by atoms with Gasteiger partial charge in [-0.05, 0) is 18.5 Å². The predicted octanol–water partition coefficient (Wildman–Crippen LogP) is 0.0653. The van der Waals surface area contributed by atoms with Crippen LogP contribution in [0.3, 0.4) is 0 Å². The molecule has 4 nitrogen and oxygen atoms in total. The normalized spacial score (nSPS) is 18.7. The Labute approximate surface area is 73.8 Å². The van der Waals surface area contributed by atoms with Crippen molar-refractivity contribution in [2.75, 3.05) is 0 Å². The van der Waals surface area contributed by atoms with E-state index >= 15 is 0 Å². The van der Waals surface area contributed by atoms with Crippen LogP contribution in [0.5, 0.6) is 0 Å². The van der Waals surface area contributed by atoms with Crippen molar-refractivity contribution < 1.29 is 14.4 Å². The van der Waals surface area contributed by atoms with Gasteiger partial charge in [0.2, 0.25) is 5.24 Å². The smallest absolute Gasteiger partial charge is 0.254 e. The molecular formula is C7H6ClNO3. The first-order valence-electron chi connectivity index (χ1n) is 3.28. The van der Waals surface area contributed by atoms with E-state index < -0.39 is 23.1 Å². The molecule has 1 aliphatic rings. The van der Waals surface area contributed by atoms with Gasteiger partial charge in [-0.3, -0.25) is 19.3 Å². The lowest BCUT2D eigenvalue weighted by atomic mass is 10.3. The van der Waals surface area contributed by atoms with Crippen LogP contribution in [-0.2, 0) is 14.4 Å². The molecule has 0 aliphatic carbocycles. The monoisotopic (exact) mass is 187 g/mol. The average molecular weight is 188 g/mol. The number of amides is 2. The zero-order chi connectivity index (χ0) is 9.30. The van der Waals surface area contributed by atoms with Gasteiger partial charge in [-0.1, -0.05) is 0 Å². The Kier molecular flexibility index (Phi) is 2.28. The largest absolute Gasteiger partial charge is 0.279 e. The summed E-state index contributed by atoms with van der Waals surface area (Å²) in [4.78, 5) is 33.3. The van der Waals surface area contributed by atoms with Crippen LogP contribution in [0, 0.1) is 0 Å². The Balaban J connectivity index is 2.83. The molecule has 64 valence electrons. The molecule has 1 heterocycles. The van der Waals surface area contributed by atoms with Crippen molar-refractivity contribution in [2.45, 2.75) is 13.0 Å². The lowest BCUT2D eigenvalue weighted by Crippen LogP contribution is -2.41. The molecule has 0 aromatic heterocycles. The molecule has 0 saturated carbocycles. The van der Waals surface area contributed by atoms with Gasteiger partial charge in [0.25, 0.3) is 11.8 Å². The van der Waals surface area contributed by atoms with Gasteiger partial charge in [0.1, 0.15) is 6.04 Å². The number of hydrogen-bond donors (Lipinski definition) is 0. The van der Waals surface area contributed by atoms with E-state index in [9.17, 15) is 14.4 Å². The van der Waals surface area contributed by atoms with Gasteiger partial charge in [0.05, 0.1) is 0 Å². The first-order valence-corrected chi connectivity index (χ1v) is 3.66. The molecule has 0 unspecified atom stereocenters. The van der Waals surface area contributed by atoms with Crippen LogP contribution in [0.25, 0.3) is 0 Å². The van der Waals surface area contributed by atoms with Gasteiger partial charge in [0.15, 0.2) is 0 Å². The summed E-state index contributed by atoms with van der Waals surface area (Å²) in [5, 5.41) is -0.722. The molecule has 0 spiro atoms. The molecule has 0 N–H and O–H groups in total. The zero-order valence-corrected chi connectivity index (χ0v) is 7.04. The average Bonchev–Trinajstić information content (AvgIpc) is 2.30. The highest BCUT2D eigenvalue weighted by atomic mass is 35.5. The number of imide groups is 1. The van der Waals surface area contributed by atoms with Crippen LogP contribution in [0.4, 0.5) is 0 Å². The SMILES string of the molecule is C[C@H](C(=O)Cl)N1C(=O)C=CC1=O. The summed E-state index contributed by atoms with van der Waals surface area (Å²) in [7, 11) is 0. The number of hydrogen-bond acceptors (Lipinski definition) is 3. The second-order valence-corrected chi connectivity index (χ2v) is 2.73. The quantitative estimate of drug-likeness (QED) is 0.454. The van der Waals surface area contributed by atoms with Gasteiger partial charge in [-0.15, -0.1) is 0 Å². The van der Waals surface area contributed by atoms with Crippen LogP contribution in [0.1, 0.15) is 6.92 Å². The molecule has 0 saturated heterocycles. The fourth-order valence-electron chi connectivity index (χ4n) is 0.895. The van der Waals surface area contributed by atoms with E-state index in [0.717, 1.165) is 17.1 Å². The summed E-state index contributed by atoms with van der Waals surface area (Å²) in [6.07, 6.45) is 2.22. The van der Waals surface area contributed by atoms with Gasteiger partial charge < -0.3 is 0 Å². The summed E-state index contributed by atoms with van der Waals surface area (Å²) < 4.78 is 0. The molecule has 0 aromatic rings. The minimum Gasteiger partial charge on any atom is -0.279 e. The highest BCUT2D eigenvalue weighted by molar-refractivity contribution is 6.65. The van der Waals surface area contributed by atoms with Crippen LogP contribution in [0.2, 0.25) is 0 Å². The Bertz CT molecular complexity index is 266. The zero-order valence-electron chi connectivity index (χ0n) is 6.28. The van der Waals surface area contributed by atoms with E-state index in [1.54, 1.807) is 0 Å². The van der Waals surface area contributed by atoms with Crippen molar-refractivity contribution >= 4 is 28.7 Å². The van der Waals surface area contributed by atoms with Gasteiger partial charge in [0, 0.05) is 12.2 Å². The predicted molar refractivity (Wildman–Crippen MR) is 41.3 cm³/mol. The number of halogens is 1. The lowest BCUT2D eigenvalue weighted by molar-refractivity contribution is -0.142. The fourth-order valence-corrected chi connectivity index (χ4v) is 0.993. The van der Waals surface area contributed by atoms with Gasteiger partial charge in [-0.25, -0.2) is 0 Å². The van der Waals surface area contributed by atoms with Crippen molar-refractivity contribution in [2.24, 2.45) is 0 Å². The molecule has 1 rings (SSSR count). The van der Waals surface area contributed by atoms with E-state index in [1.807, 2.05) is 0 Å². The summed E-state index contributed by atoms with van der Waals surface area (Å²) in [6.45, 7) is 1.40. The molecule has 0 fully saturated rings. The third kappa shape index (κ3) is 1.38. The van der Waals surface area contributed by atoms with Crippen LogP contribution < -0.4 is 0 Å². The summed E-state index contributed by atoms with van der Waals surface area (Å²) in [6, 6.07) is -0.887. The van der Waals surface area contributed by atoms with Crippen molar-refractivity contribution in [3.63, 3.8) is 0 Å². The second-order valence-electron chi connectivity index (χ2n) is 2.36. The molecule has 5 heteroatoms. The Morgan fingerprint density at radius 2 is 1.83 bits per heavy atom. The molecule has 1 aliphatic heterocycles. The van der Waals surface area contributed by atoms with E-state index in [4.69, 9.17) is 11.6 Å². The summed E-state index contributed by atoms with van der Waals surface area (Å²) in [5.41, 5.74) is 0. The molecule has 0 bridgehead atoms. The molecule has 12 heavy (non-hydrogen) atoms. The van der Waals surface area contributed by atoms with Crippen molar-refractivity contribution in [3.8, 4) is 0 Å². The standard InChI is InChI=1S/C7H6ClNO3/c1-4(7(8)12)9-5(10)2-3-6(9)11/h2-4H,1H3/t4-/m1/s1. The minimum atomic E-state index is -0.887.